The maximum Gasteiger partial charge on any atom is 0.230 e. The van der Waals surface area contributed by atoms with E-state index in [-0.39, 0.29) is 35.3 Å². The molecule has 2 amide bonds. The second-order valence-electron chi connectivity index (χ2n) is 10.5. The Morgan fingerprint density at radius 1 is 1.09 bits per heavy atom. The van der Waals surface area contributed by atoms with Crippen molar-refractivity contribution >= 4 is 23.2 Å². The lowest BCUT2D eigenvalue weighted by Crippen LogP contribution is -2.50. The molecule has 0 bridgehead atoms. The summed E-state index contributed by atoms with van der Waals surface area (Å²) >= 11 is 0. The van der Waals surface area contributed by atoms with Crippen molar-refractivity contribution in [2.45, 2.75) is 76.4 Å². The van der Waals surface area contributed by atoms with E-state index in [0.717, 1.165) is 83.0 Å². The summed E-state index contributed by atoms with van der Waals surface area (Å²) in [4.78, 5) is 30.2. The average Bonchev–Trinajstić information content (AvgIpc) is 3.08. The molecule has 2 aliphatic carbocycles. The first-order valence-electron chi connectivity index (χ1n) is 12.6. The van der Waals surface area contributed by atoms with Crippen LogP contribution in [0.5, 0.6) is 0 Å². The molecule has 2 saturated carbocycles. The molecule has 2 heterocycles. The fourth-order valence-electron chi connectivity index (χ4n) is 6.18. The van der Waals surface area contributed by atoms with Crippen LogP contribution in [-0.2, 0) is 9.59 Å². The van der Waals surface area contributed by atoms with E-state index in [0.29, 0.717) is 17.8 Å². The SMILES string of the molecule is N#Cc1cc(NC(=O)C2CCC2)ccc1N1CCC[C@]2(CCN([C@H]3CC[C@H](O)CC3)C2=O)C1. The number of nitrogens with one attached hydrogen (secondary N) is 1. The molecule has 1 aromatic rings. The molecule has 7 heteroatoms. The summed E-state index contributed by atoms with van der Waals surface area (Å²) in [5.74, 6) is 0.402. The van der Waals surface area contributed by atoms with E-state index in [1.807, 2.05) is 12.1 Å². The number of hydrogen-bond acceptors (Lipinski definition) is 5. The minimum Gasteiger partial charge on any atom is -0.393 e. The molecule has 2 aliphatic heterocycles. The maximum atomic E-state index is 13.6. The number of carbonyl (C=O) groups excluding carboxylic acids is 2. The van der Waals surface area contributed by atoms with Crippen molar-refractivity contribution in [2.24, 2.45) is 11.3 Å². The number of anilines is 2. The molecule has 1 aromatic carbocycles. The number of nitriles is 1. The van der Waals surface area contributed by atoms with Gasteiger partial charge in [-0.2, -0.15) is 5.26 Å². The van der Waals surface area contributed by atoms with Crippen LogP contribution in [0.1, 0.15) is 69.8 Å². The van der Waals surface area contributed by atoms with E-state index in [4.69, 9.17) is 0 Å². The fraction of sp³-hybridized carbons (Fsp3) is 0.654. The van der Waals surface area contributed by atoms with E-state index in [2.05, 4.69) is 21.2 Å². The van der Waals surface area contributed by atoms with Crippen molar-refractivity contribution in [2.75, 3.05) is 29.9 Å². The average molecular weight is 451 g/mol. The van der Waals surface area contributed by atoms with Crippen LogP contribution in [0.4, 0.5) is 11.4 Å². The number of piperidine rings is 1. The number of likely N-dealkylation sites (tertiary alicyclic amines) is 1. The number of rotatable bonds is 4. The van der Waals surface area contributed by atoms with Gasteiger partial charge in [-0.3, -0.25) is 9.59 Å². The summed E-state index contributed by atoms with van der Waals surface area (Å²) in [6.07, 6.45) is 8.79. The van der Waals surface area contributed by atoms with Crippen LogP contribution in [-0.4, -0.2) is 53.6 Å². The van der Waals surface area contributed by atoms with Crippen molar-refractivity contribution in [3.8, 4) is 6.07 Å². The molecular formula is C26H34N4O3. The monoisotopic (exact) mass is 450 g/mol. The first-order chi connectivity index (χ1) is 16.0. The zero-order chi connectivity index (χ0) is 23.0. The Bertz CT molecular complexity index is 961. The molecule has 1 spiro atoms. The molecule has 2 N–H and O–H groups in total. The Balaban J connectivity index is 1.30. The summed E-state index contributed by atoms with van der Waals surface area (Å²) in [6.45, 7) is 2.26. The van der Waals surface area contributed by atoms with Gasteiger partial charge in [-0.05, 0) is 76.0 Å². The van der Waals surface area contributed by atoms with E-state index >= 15 is 0 Å². The molecule has 1 atom stereocenters. The lowest BCUT2D eigenvalue weighted by atomic mass is 9.78. The van der Waals surface area contributed by atoms with Gasteiger partial charge >= 0.3 is 0 Å². The fourth-order valence-corrected chi connectivity index (χ4v) is 6.18. The zero-order valence-electron chi connectivity index (χ0n) is 19.3. The number of hydrogen-bond donors (Lipinski definition) is 2. The summed E-state index contributed by atoms with van der Waals surface area (Å²) in [6, 6.07) is 8.13. The van der Waals surface area contributed by atoms with Crippen molar-refractivity contribution in [3.63, 3.8) is 0 Å². The van der Waals surface area contributed by atoms with Gasteiger partial charge in [0.1, 0.15) is 6.07 Å². The lowest BCUT2D eigenvalue weighted by molar-refractivity contribution is -0.139. The predicted octanol–water partition coefficient (Wildman–Crippen LogP) is 3.42. The normalized spacial score (nSPS) is 30.2. The highest BCUT2D eigenvalue weighted by atomic mass is 16.3. The summed E-state index contributed by atoms with van der Waals surface area (Å²) < 4.78 is 0. The molecule has 176 valence electrons. The Labute approximate surface area is 195 Å². The molecule has 4 aliphatic rings. The van der Waals surface area contributed by atoms with Crippen LogP contribution in [0.3, 0.4) is 0 Å². The first kappa shape index (κ1) is 22.2. The minimum atomic E-state index is -0.377. The van der Waals surface area contributed by atoms with Gasteiger partial charge in [-0.25, -0.2) is 0 Å². The van der Waals surface area contributed by atoms with Crippen LogP contribution in [0, 0.1) is 22.7 Å². The number of carbonyl (C=O) groups is 2. The third-order valence-electron chi connectivity index (χ3n) is 8.43. The van der Waals surface area contributed by atoms with Crippen molar-refractivity contribution in [1.29, 1.82) is 5.26 Å². The lowest BCUT2D eigenvalue weighted by Gasteiger charge is -2.41. The third kappa shape index (κ3) is 4.21. The summed E-state index contributed by atoms with van der Waals surface area (Å²) in [5.41, 5.74) is 1.69. The van der Waals surface area contributed by atoms with Crippen LogP contribution in [0.15, 0.2) is 18.2 Å². The molecule has 0 unspecified atom stereocenters. The highest BCUT2D eigenvalue weighted by molar-refractivity contribution is 5.93. The molecule has 7 nitrogen and oxygen atoms in total. The van der Waals surface area contributed by atoms with E-state index in [9.17, 15) is 20.0 Å². The third-order valence-corrected chi connectivity index (χ3v) is 8.43. The molecule has 0 radical (unpaired) electrons. The second-order valence-corrected chi connectivity index (χ2v) is 10.5. The quantitative estimate of drug-likeness (QED) is 0.733. The summed E-state index contributed by atoms with van der Waals surface area (Å²) in [5, 5.41) is 22.6. The van der Waals surface area contributed by atoms with Crippen LogP contribution >= 0.6 is 0 Å². The van der Waals surface area contributed by atoms with Crippen LogP contribution in [0.2, 0.25) is 0 Å². The first-order valence-corrected chi connectivity index (χ1v) is 12.6. The van der Waals surface area contributed by atoms with Gasteiger partial charge in [-0.1, -0.05) is 6.42 Å². The minimum absolute atomic E-state index is 0.0432. The Kier molecular flexibility index (Phi) is 6.05. The van der Waals surface area contributed by atoms with Crippen molar-refractivity contribution < 1.29 is 14.7 Å². The highest BCUT2D eigenvalue weighted by Crippen LogP contribution is 2.44. The van der Waals surface area contributed by atoms with Crippen LogP contribution < -0.4 is 10.2 Å². The maximum absolute atomic E-state index is 13.6. The van der Waals surface area contributed by atoms with Crippen LogP contribution in [0.25, 0.3) is 0 Å². The topological polar surface area (TPSA) is 96.7 Å². The Morgan fingerprint density at radius 2 is 1.88 bits per heavy atom. The molecule has 33 heavy (non-hydrogen) atoms. The second kappa shape index (κ2) is 8.98. The molecule has 4 fully saturated rings. The zero-order valence-corrected chi connectivity index (χ0v) is 19.3. The highest BCUT2D eigenvalue weighted by Gasteiger charge is 2.50. The molecule has 2 saturated heterocycles. The summed E-state index contributed by atoms with van der Waals surface area (Å²) in [7, 11) is 0. The number of aliphatic hydroxyl groups excluding tert-OH is 1. The molecule has 5 rings (SSSR count). The smallest absolute Gasteiger partial charge is 0.230 e. The number of benzene rings is 1. The van der Waals surface area contributed by atoms with Gasteiger partial charge in [0.25, 0.3) is 0 Å². The van der Waals surface area contributed by atoms with Gasteiger partial charge in [0.05, 0.1) is 22.8 Å². The van der Waals surface area contributed by atoms with Gasteiger partial charge in [-0.15, -0.1) is 0 Å². The van der Waals surface area contributed by atoms with Crippen molar-refractivity contribution in [3.05, 3.63) is 23.8 Å². The van der Waals surface area contributed by atoms with Gasteiger partial charge in [0.15, 0.2) is 0 Å². The van der Waals surface area contributed by atoms with Gasteiger partial charge in [0, 0.05) is 37.3 Å². The van der Waals surface area contributed by atoms with E-state index < -0.39 is 0 Å². The largest absolute Gasteiger partial charge is 0.393 e. The number of amides is 2. The Morgan fingerprint density at radius 3 is 2.58 bits per heavy atom. The molecular weight excluding hydrogens is 416 g/mol. The van der Waals surface area contributed by atoms with Gasteiger partial charge in [0.2, 0.25) is 11.8 Å². The molecule has 0 aromatic heterocycles. The number of nitrogens with zero attached hydrogens (tertiary/aromatic N) is 3. The standard InChI is InChI=1S/C26H34N4O3/c27-16-19-15-20(28-24(32)18-3-1-4-18)5-10-23(19)29-13-2-11-26(17-29)12-14-30(25(26)33)21-6-8-22(31)9-7-21/h5,10,15,18,21-22,31H,1-4,6-9,11-14,17H2,(H,28,32)/t21-,22-,26-/m0/s1. The number of aliphatic hydroxyl groups is 1. The van der Waals surface area contributed by atoms with E-state index in [1.54, 1.807) is 6.07 Å². The predicted molar refractivity (Wildman–Crippen MR) is 126 cm³/mol. The van der Waals surface area contributed by atoms with Gasteiger partial charge < -0.3 is 20.2 Å². The van der Waals surface area contributed by atoms with Crippen molar-refractivity contribution in [1.82, 2.24) is 4.90 Å². The Hall–Kier alpha value is -2.59. The van der Waals surface area contributed by atoms with E-state index in [1.165, 1.54) is 0 Å².